The molecule has 0 amide bonds. The van der Waals surface area contributed by atoms with Crippen LogP contribution in [0.1, 0.15) is 49.3 Å². The number of aromatic nitrogens is 1. The molecule has 0 unspecified atom stereocenters. The van der Waals surface area contributed by atoms with Crippen LogP contribution in [0.2, 0.25) is 0 Å². The van der Waals surface area contributed by atoms with Gasteiger partial charge >= 0.3 is 5.97 Å². The zero-order valence-corrected chi connectivity index (χ0v) is 13.0. The number of ether oxygens (including phenoxy) is 1. The van der Waals surface area contributed by atoms with Crippen molar-refractivity contribution in [3.05, 3.63) is 52.2 Å². The largest absolute Gasteiger partial charge is 0.462 e. The molecule has 7 heteroatoms. The molecule has 0 bridgehead atoms. The maximum atomic E-state index is 12.9. The summed E-state index contributed by atoms with van der Waals surface area (Å²) in [6, 6.07) is 6.39. The van der Waals surface area contributed by atoms with Crippen LogP contribution in [0.5, 0.6) is 0 Å². The number of aliphatic hydroxyl groups is 1. The molecule has 0 radical (unpaired) electrons. The molecule has 1 aliphatic carbocycles. The van der Waals surface area contributed by atoms with Crippen molar-refractivity contribution in [3.8, 4) is 0 Å². The summed E-state index contributed by atoms with van der Waals surface area (Å²) < 4.78 is 6.28. The molecule has 2 aromatic rings. The number of carbonyl (C=O) groups is 3. The van der Waals surface area contributed by atoms with Crippen molar-refractivity contribution in [2.24, 2.45) is 0 Å². The predicted octanol–water partition coefficient (Wildman–Crippen LogP) is 1.01. The molecule has 0 spiro atoms. The summed E-state index contributed by atoms with van der Waals surface area (Å²) in [6.45, 7) is 1.44. The first-order chi connectivity index (χ1) is 11.5. The van der Waals surface area contributed by atoms with Gasteiger partial charge in [0.05, 0.1) is 18.8 Å². The van der Waals surface area contributed by atoms with Gasteiger partial charge in [-0.2, -0.15) is 0 Å². The Bertz CT molecular complexity index is 866. The van der Waals surface area contributed by atoms with Crippen LogP contribution in [0.25, 0.3) is 0 Å². The number of rotatable bonds is 4. The zero-order chi connectivity index (χ0) is 17.4. The highest BCUT2D eigenvalue weighted by molar-refractivity contribution is 6.31. The second-order valence-electron chi connectivity index (χ2n) is 5.28. The zero-order valence-electron chi connectivity index (χ0n) is 13.0. The third kappa shape index (κ3) is 2.13. The number of aliphatic hydroxyl groups excluding tert-OH is 1. The molecule has 7 nitrogen and oxygen atoms in total. The molecular weight excluding hydrogens is 312 g/mol. The molecule has 3 N–H and O–H groups in total. The van der Waals surface area contributed by atoms with Gasteiger partial charge in [0, 0.05) is 17.7 Å². The van der Waals surface area contributed by atoms with E-state index in [1.807, 2.05) is 0 Å². The van der Waals surface area contributed by atoms with Crippen molar-refractivity contribution in [1.82, 2.24) is 4.57 Å². The Morgan fingerprint density at radius 1 is 1.21 bits per heavy atom. The first kappa shape index (κ1) is 15.9. The Kier molecular flexibility index (Phi) is 3.94. The van der Waals surface area contributed by atoms with E-state index in [1.165, 1.54) is 10.6 Å². The molecule has 0 fully saturated rings. The topological polar surface area (TPSA) is 112 Å². The molecule has 1 aromatic carbocycles. The lowest BCUT2D eigenvalue weighted by atomic mass is 9.86. The lowest BCUT2D eigenvalue weighted by Gasteiger charge is -2.17. The molecule has 0 saturated heterocycles. The number of ketones is 2. The van der Waals surface area contributed by atoms with Gasteiger partial charge in [-0.15, -0.1) is 0 Å². The molecule has 0 aliphatic heterocycles. The van der Waals surface area contributed by atoms with Crippen LogP contribution < -0.4 is 5.73 Å². The van der Waals surface area contributed by atoms with Crippen molar-refractivity contribution in [2.75, 3.05) is 18.9 Å². The summed E-state index contributed by atoms with van der Waals surface area (Å²) >= 11 is 0. The van der Waals surface area contributed by atoms with Gasteiger partial charge in [-0.05, 0) is 6.92 Å². The van der Waals surface area contributed by atoms with Crippen LogP contribution >= 0.6 is 0 Å². The van der Waals surface area contributed by atoms with Crippen LogP contribution in [0.3, 0.4) is 0 Å². The minimum Gasteiger partial charge on any atom is -0.462 e. The van der Waals surface area contributed by atoms with Crippen molar-refractivity contribution in [1.29, 1.82) is 0 Å². The van der Waals surface area contributed by atoms with Crippen LogP contribution in [0.4, 0.5) is 5.82 Å². The van der Waals surface area contributed by atoms with E-state index in [1.54, 1.807) is 25.1 Å². The number of fused-ring (bicyclic) bond motifs is 2. The maximum Gasteiger partial charge on any atom is 0.342 e. The molecule has 1 aromatic heterocycles. The highest BCUT2D eigenvalue weighted by Crippen LogP contribution is 2.35. The average molecular weight is 328 g/mol. The highest BCUT2D eigenvalue weighted by Gasteiger charge is 2.39. The number of benzene rings is 1. The second kappa shape index (κ2) is 5.93. The van der Waals surface area contributed by atoms with E-state index in [-0.39, 0.29) is 53.5 Å². The summed E-state index contributed by atoms with van der Waals surface area (Å²) in [6.07, 6.45) is 0. The van der Waals surface area contributed by atoms with Gasteiger partial charge < -0.3 is 20.1 Å². The number of nitrogens with two attached hydrogens (primary N) is 1. The standard InChI is InChI=1S/C17H16N2O5/c1-2-24-17(23)12-11-13(19(7-8-20)16(12)18)15(22)10-6-4-3-5-9(10)14(11)21/h3-6,20H,2,7-8,18H2,1H3. The van der Waals surface area contributed by atoms with Crippen LogP contribution in [-0.2, 0) is 11.3 Å². The smallest absolute Gasteiger partial charge is 0.342 e. The first-order valence-electron chi connectivity index (χ1n) is 7.51. The Labute approximate surface area is 137 Å². The minimum atomic E-state index is -0.761. The molecule has 1 aliphatic rings. The summed E-state index contributed by atoms with van der Waals surface area (Å²) in [5, 5.41) is 9.26. The van der Waals surface area contributed by atoms with Gasteiger partial charge in [0.2, 0.25) is 5.78 Å². The van der Waals surface area contributed by atoms with Crippen molar-refractivity contribution in [2.45, 2.75) is 13.5 Å². The molecular formula is C17H16N2O5. The van der Waals surface area contributed by atoms with Gasteiger partial charge in [-0.3, -0.25) is 9.59 Å². The fraction of sp³-hybridized carbons (Fsp3) is 0.235. The third-order valence-electron chi connectivity index (χ3n) is 3.97. The lowest BCUT2D eigenvalue weighted by Crippen LogP contribution is -2.24. The fourth-order valence-corrected chi connectivity index (χ4v) is 2.98. The first-order valence-corrected chi connectivity index (χ1v) is 7.51. The highest BCUT2D eigenvalue weighted by atomic mass is 16.5. The fourth-order valence-electron chi connectivity index (χ4n) is 2.98. The Morgan fingerprint density at radius 2 is 1.83 bits per heavy atom. The number of hydrogen-bond donors (Lipinski definition) is 2. The van der Waals surface area contributed by atoms with E-state index < -0.39 is 17.5 Å². The van der Waals surface area contributed by atoms with E-state index in [9.17, 15) is 19.5 Å². The Hall–Kier alpha value is -2.93. The second-order valence-corrected chi connectivity index (χ2v) is 5.28. The monoisotopic (exact) mass is 328 g/mol. The minimum absolute atomic E-state index is 0.00520. The van der Waals surface area contributed by atoms with Gasteiger partial charge in [0.1, 0.15) is 17.1 Å². The van der Waals surface area contributed by atoms with E-state index in [4.69, 9.17) is 10.5 Å². The van der Waals surface area contributed by atoms with Crippen molar-refractivity contribution >= 4 is 23.4 Å². The van der Waals surface area contributed by atoms with E-state index in [0.29, 0.717) is 0 Å². The maximum absolute atomic E-state index is 12.9. The summed E-state index contributed by atoms with van der Waals surface area (Å²) in [4.78, 5) is 38.0. The Balaban J connectivity index is 2.32. The number of nitrogen functional groups attached to an aromatic ring is 1. The number of anilines is 1. The summed E-state index contributed by atoms with van der Waals surface area (Å²) in [7, 11) is 0. The molecule has 0 saturated carbocycles. The van der Waals surface area contributed by atoms with E-state index in [0.717, 1.165) is 0 Å². The number of hydrogen-bond acceptors (Lipinski definition) is 6. The molecule has 0 atom stereocenters. The van der Waals surface area contributed by atoms with Gasteiger partial charge in [-0.25, -0.2) is 4.79 Å². The number of carbonyl (C=O) groups excluding carboxylic acids is 3. The van der Waals surface area contributed by atoms with Gasteiger partial charge in [0.25, 0.3) is 0 Å². The summed E-state index contributed by atoms with van der Waals surface area (Å²) in [5.74, 6) is -1.67. The normalized spacial score (nSPS) is 12.8. The molecule has 1 heterocycles. The molecule has 24 heavy (non-hydrogen) atoms. The van der Waals surface area contributed by atoms with Crippen molar-refractivity contribution < 1.29 is 24.2 Å². The quantitative estimate of drug-likeness (QED) is 0.692. The number of nitrogens with zero attached hydrogens (tertiary/aromatic N) is 1. The number of esters is 1. The van der Waals surface area contributed by atoms with E-state index >= 15 is 0 Å². The summed E-state index contributed by atoms with van der Waals surface area (Å²) in [5.41, 5.74) is 6.33. The molecule has 3 rings (SSSR count). The lowest BCUT2D eigenvalue weighted by molar-refractivity contribution is 0.0525. The SMILES string of the molecule is CCOC(=O)c1c2c(n(CCO)c1N)C(=O)c1ccccc1C2=O. The molecule has 124 valence electrons. The van der Waals surface area contributed by atoms with Gasteiger partial charge in [0.15, 0.2) is 5.78 Å². The van der Waals surface area contributed by atoms with E-state index in [2.05, 4.69) is 0 Å². The average Bonchev–Trinajstić information content (AvgIpc) is 2.87. The predicted molar refractivity (Wildman–Crippen MR) is 85.2 cm³/mol. The van der Waals surface area contributed by atoms with Gasteiger partial charge in [-0.1, -0.05) is 24.3 Å². The van der Waals surface area contributed by atoms with Crippen molar-refractivity contribution in [3.63, 3.8) is 0 Å². The van der Waals surface area contributed by atoms with Crippen LogP contribution in [0.15, 0.2) is 24.3 Å². The van der Waals surface area contributed by atoms with Crippen LogP contribution in [-0.4, -0.2) is 40.4 Å². The third-order valence-corrected chi connectivity index (χ3v) is 3.97. The Morgan fingerprint density at radius 3 is 2.42 bits per heavy atom. The van der Waals surface area contributed by atoms with Crippen LogP contribution in [0, 0.1) is 0 Å².